The summed E-state index contributed by atoms with van der Waals surface area (Å²) >= 11 is 0. The standard InChI is InChI=1S/C17H15FN2O/c1-12(21)20-17(14-9-5-6-10-15(14)18)11-16(19-20)13-7-3-2-4-8-13/h2-10,17H,11H2,1H3/t17-/m1/s1. The van der Waals surface area contributed by atoms with Crippen molar-refractivity contribution in [2.75, 3.05) is 0 Å². The summed E-state index contributed by atoms with van der Waals surface area (Å²) < 4.78 is 14.0. The number of carbonyl (C=O) groups excluding carboxylic acids is 1. The zero-order chi connectivity index (χ0) is 14.8. The van der Waals surface area contributed by atoms with Gasteiger partial charge in [0.1, 0.15) is 5.82 Å². The molecule has 106 valence electrons. The van der Waals surface area contributed by atoms with E-state index in [1.54, 1.807) is 18.2 Å². The largest absolute Gasteiger partial charge is 0.273 e. The Balaban J connectivity index is 1.98. The molecular weight excluding hydrogens is 267 g/mol. The summed E-state index contributed by atoms with van der Waals surface area (Å²) in [5.41, 5.74) is 2.27. The van der Waals surface area contributed by atoms with Crippen LogP contribution < -0.4 is 0 Å². The summed E-state index contributed by atoms with van der Waals surface area (Å²) in [5.74, 6) is -0.493. The highest BCUT2D eigenvalue weighted by atomic mass is 19.1. The van der Waals surface area contributed by atoms with E-state index >= 15 is 0 Å². The first-order valence-electron chi connectivity index (χ1n) is 6.84. The molecule has 0 N–H and O–H groups in total. The monoisotopic (exact) mass is 282 g/mol. The minimum absolute atomic E-state index is 0.186. The van der Waals surface area contributed by atoms with Crippen LogP contribution in [0.2, 0.25) is 0 Å². The molecule has 2 aromatic rings. The zero-order valence-electron chi connectivity index (χ0n) is 11.7. The summed E-state index contributed by atoms with van der Waals surface area (Å²) in [5, 5.41) is 5.77. The summed E-state index contributed by atoms with van der Waals surface area (Å²) in [7, 11) is 0. The van der Waals surface area contributed by atoms with Gasteiger partial charge in [0, 0.05) is 18.9 Å². The van der Waals surface area contributed by atoms with Gasteiger partial charge in [0.2, 0.25) is 5.91 Å². The molecule has 1 atom stereocenters. The van der Waals surface area contributed by atoms with Crippen LogP contribution in [0.15, 0.2) is 59.7 Å². The van der Waals surface area contributed by atoms with E-state index in [0.29, 0.717) is 12.0 Å². The third-order valence-corrected chi connectivity index (χ3v) is 3.60. The van der Waals surface area contributed by atoms with Gasteiger partial charge < -0.3 is 0 Å². The molecule has 21 heavy (non-hydrogen) atoms. The Morgan fingerprint density at radius 1 is 1.14 bits per heavy atom. The Hall–Kier alpha value is -2.49. The number of nitrogens with zero attached hydrogens (tertiary/aromatic N) is 2. The molecule has 0 aromatic heterocycles. The quantitative estimate of drug-likeness (QED) is 0.829. The zero-order valence-corrected chi connectivity index (χ0v) is 11.7. The summed E-state index contributed by atoms with van der Waals surface area (Å²) in [6.45, 7) is 1.45. The molecule has 0 unspecified atom stereocenters. The fourth-order valence-electron chi connectivity index (χ4n) is 2.59. The van der Waals surface area contributed by atoms with Crippen molar-refractivity contribution in [3.05, 3.63) is 71.5 Å². The van der Waals surface area contributed by atoms with Crippen molar-refractivity contribution in [2.45, 2.75) is 19.4 Å². The molecule has 3 nitrogen and oxygen atoms in total. The van der Waals surface area contributed by atoms with E-state index in [1.165, 1.54) is 18.0 Å². The Kier molecular flexibility index (Phi) is 3.52. The first kappa shape index (κ1) is 13.5. The van der Waals surface area contributed by atoms with Gasteiger partial charge in [-0.3, -0.25) is 4.79 Å². The summed E-state index contributed by atoms with van der Waals surface area (Å²) in [6.07, 6.45) is 0.518. The molecule has 0 spiro atoms. The molecule has 0 aliphatic carbocycles. The molecule has 3 rings (SSSR count). The smallest absolute Gasteiger partial charge is 0.240 e. The fraction of sp³-hybridized carbons (Fsp3) is 0.176. The van der Waals surface area contributed by atoms with E-state index in [9.17, 15) is 9.18 Å². The average molecular weight is 282 g/mol. The van der Waals surface area contributed by atoms with Gasteiger partial charge in [0.25, 0.3) is 0 Å². The number of hydrogen-bond donors (Lipinski definition) is 0. The molecule has 1 amide bonds. The van der Waals surface area contributed by atoms with Gasteiger partial charge in [-0.15, -0.1) is 0 Å². The lowest BCUT2D eigenvalue weighted by Crippen LogP contribution is -2.25. The molecular formula is C17H15FN2O. The van der Waals surface area contributed by atoms with Crippen molar-refractivity contribution in [1.82, 2.24) is 5.01 Å². The van der Waals surface area contributed by atoms with Crippen LogP contribution in [-0.2, 0) is 4.79 Å². The fourth-order valence-corrected chi connectivity index (χ4v) is 2.59. The van der Waals surface area contributed by atoms with Gasteiger partial charge in [-0.25, -0.2) is 9.40 Å². The van der Waals surface area contributed by atoms with Gasteiger partial charge in [-0.05, 0) is 11.6 Å². The van der Waals surface area contributed by atoms with Crippen LogP contribution in [-0.4, -0.2) is 16.6 Å². The lowest BCUT2D eigenvalue weighted by molar-refractivity contribution is -0.130. The van der Waals surface area contributed by atoms with E-state index in [4.69, 9.17) is 0 Å². The maximum Gasteiger partial charge on any atom is 0.240 e. The predicted octanol–water partition coefficient (Wildman–Crippen LogP) is 3.52. The molecule has 1 aliphatic heterocycles. The molecule has 0 saturated carbocycles. The first-order valence-corrected chi connectivity index (χ1v) is 6.84. The Bertz CT molecular complexity index is 697. The van der Waals surface area contributed by atoms with Crippen molar-refractivity contribution >= 4 is 11.6 Å². The van der Waals surface area contributed by atoms with Crippen LogP contribution in [0.1, 0.15) is 30.5 Å². The lowest BCUT2D eigenvalue weighted by atomic mass is 9.98. The molecule has 4 heteroatoms. The van der Waals surface area contributed by atoms with Gasteiger partial charge in [0.05, 0.1) is 11.8 Å². The molecule has 0 radical (unpaired) electrons. The number of benzene rings is 2. The van der Waals surface area contributed by atoms with Gasteiger partial charge in [-0.2, -0.15) is 5.10 Å². The van der Waals surface area contributed by atoms with Crippen molar-refractivity contribution in [1.29, 1.82) is 0 Å². The third-order valence-electron chi connectivity index (χ3n) is 3.60. The second-order valence-corrected chi connectivity index (χ2v) is 5.02. The number of carbonyl (C=O) groups is 1. The SMILES string of the molecule is CC(=O)N1N=C(c2ccccc2)C[C@@H]1c1ccccc1F. The first-order chi connectivity index (χ1) is 10.2. The molecule has 0 bridgehead atoms. The van der Waals surface area contributed by atoms with Crippen molar-refractivity contribution in [3.63, 3.8) is 0 Å². The molecule has 0 saturated heterocycles. The van der Waals surface area contributed by atoms with Crippen LogP contribution in [0, 0.1) is 5.82 Å². The second kappa shape index (κ2) is 5.48. The average Bonchev–Trinajstić information content (AvgIpc) is 2.94. The van der Waals surface area contributed by atoms with Gasteiger partial charge in [-0.1, -0.05) is 48.5 Å². The minimum Gasteiger partial charge on any atom is -0.273 e. The van der Waals surface area contributed by atoms with E-state index in [0.717, 1.165) is 11.3 Å². The topological polar surface area (TPSA) is 32.7 Å². The van der Waals surface area contributed by atoms with Crippen molar-refractivity contribution in [3.8, 4) is 0 Å². The third kappa shape index (κ3) is 2.57. The highest BCUT2D eigenvalue weighted by Gasteiger charge is 2.32. The maximum atomic E-state index is 14.0. The number of hydrazone groups is 1. The maximum absolute atomic E-state index is 14.0. The number of amides is 1. The normalized spacial score (nSPS) is 17.7. The molecule has 1 aliphatic rings. The summed E-state index contributed by atoms with van der Waals surface area (Å²) in [4.78, 5) is 11.8. The van der Waals surface area contributed by atoms with Crippen LogP contribution in [0.4, 0.5) is 4.39 Å². The van der Waals surface area contributed by atoms with Crippen molar-refractivity contribution < 1.29 is 9.18 Å². The van der Waals surface area contributed by atoms with E-state index in [-0.39, 0.29) is 17.8 Å². The molecule has 0 fully saturated rings. The predicted molar refractivity (Wildman–Crippen MR) is 79.3 cm³/mol. The molecule has 2 aromatic carbocycles. The van der Waals surface area contributed by atoms with Crippen LogP contribution >= 0.6 is 0 Å². The highest BCUT2D eigenvalue weighted by molar-refractivity contribution is 6.03. The van der Waals surface area contributed by atoms with Crippen molar-refractivity contribution in [2.24, 2.45) is 5.10 Å². The Morgan fingerprint density at radius 2 is 1.81 bits per heavy atom. The van der Waals surface area contributed by atoms with Crippen LogP contribution in [0.3, 0.4) is 0 Å². The summed E-state index contributed by atoms with van der Waals surface area (Å²) in [6, 6.07) is 15.8. The number of hydrogen-bond acceptors (Lipinski definition) is 2. The van der Waals surface area contributed by atoms with Crippen LogP contribution in [0.5, 0.6) is 0 Å². The van der Waals surface area contributed by atoms with E-state index in [1.807, 2.05) is 30.3 Å². The minimum atomic E-state index is -0.376. The Labute approximate surface area is 122 Å². The van der Waals surface area contributed by atoms with E-state index < -0.39 is 0 Å². The number of halogens is 1. The van der Waals surface area contributed by atoms with Gasteiger partial charge in [0.15, 0.2) is 0 Å². The number of rotatable bonds is 2. The highest BCUT2D eigenvalue weighted by Crippen LogP contribution is 2.33. The van der Waals surface area contributed by atoms with Gasteiger partial charge >= 0.3 is 0 Å². The van der Waals surface area contributed by atoms with Crippen LogP contribution in [0.25, 0.3) is 0 Å². The Morgan fingerprint density at radius 3 is 2.48 bits per heavy atom. The second-order valence-electron chi connectivity index (χ2n) is 5.02. The molecule has 1 heterocycles. The van der Waals surface area contributed by atoms with E-state index in [2.05, 4.69) is 5.10 Å². The lowest BCUT2D eigenvalue weighted by Gasteiger charge is -2.20.